The maximum Gasteiger partial charge on any atom is 0.490 e. The number of hydrogen-bond donors (Lipinski definition) is 1. The van der Waals surface area contributed by atoms with Gasteiger partial charge in [-0.25, -0.2) is 4.79 Å². The largest absolute Gasteiger partial charge is 0.490 e. The molecule has 1 aliphatic heterocycles. The Morgan fingerprint density at radius 3 is 2.22 bits per heavy atom. The van der Waals surface area contributed by atoms with Gasteiger partial charge < -0.3 is 5.11 Å². The van der Waals surface area contributed by atoms with Gasteiger partial charge in [-0.1, -0.05) is 61.5 Å². The zero-order valence-corrected chi connectivity index (χ0v) is 19.7. The smallest absolute Gasteiger partial charge is 0.475 e. The number of alkyl halides is 3. The lowest BCUT2D eigenvalue weighted by Gasteiger charge is -2.39. The molecular weight excluding hydrogens is 471 g/mol. The van der Waals surface area contributed by atoms with Crippen LogP contribution in [0.3, 0.4) is 0 Å². The summed E-state index contributed by atoms with van der Waals surface area (Å²) < 4.78 is 31.7. The summed E-state index contributed by atoms with van der Waals surface area (Å²) in [6.07, 6.45) is -3.55. The standard InChI is InChI=1S/C25H25N3O.C2HF3O2/c1-25(13-15-28(16-14-25)18-19-7-3-2-4-8-19)24(29)21(17-26)23-12-11-20-9-5-6-10-22(20)27-23;3-2(4,5)1(6)7/h2-12,21H,13-16,18H2,1H3;(H,6,7). The summed E-state index contributed by atoms with van der Waals surface area (Å²) in [5.74, 6) is -3.57. The summed E-state index contributed by atoms with van der Waals surface area (Å²) in [5.41, 5.74) is 2.18. The quantitative estimate of drug-likeness (QED) is 0.511. The van der Waals surface area contributed by atoms with Crippen LogP contribution in [-0.2, 0) is 16.1 Å². The molecule has 0 amide bonds. The van der Waals surface area contributed by atoms with E-state index in [1.54, 1.807) is 0 Å². The Bertz CT molecular complexity index is 1250. The van der Waals surface area contributed by atoms with Crippen LogP contribution in [-0.4, -0.2) is 46.0 Å². The Hall–Kier alpha value is -3.77. The van der Waals surface area contributed by atoms with E-state index in [4.69, 9.17) is 9.90 Å². The number of pyridine rings is 1. The van der Waals surface area contributed by atoms with Crippen molar-refractivity contribution in [3.63, 3.8) is 0 Å². The fraction of sp³-hybridized carbons (Fsp3) is 0.333. The molecule has 3 aromatic rings. The van der Waals surface area contributed by atoms with E-state index in [-0.39, 0.29) is 5.78 Å². The highest BCUT2D eigenvalue weighted by Gasteiger charge is 2.41. The van der Waals surface area contributed by atoms with E-state index in [0.29, 0.717) is 5.69 Å². The highest BCUT2D eigenvalue weighted by atomic mass is 19.4. The van der Waals surface area contributed by atoms with Gasteiger partial charge in [-0.2, -0.15) is 18.4 Å². The van der Waals surface area contributed by atoms with Gasteiger partial charge in [0.25, 0.3) is 0 Å². The Kier molecular flexibility index (Phi) is 8.43. The van der Waals surface area contributed by atoms with Crippen molar-refractivity contribution < 1.29 is 27.9 Å². The third kappa shape index (κ3) is 6.67. The van der Waals surface area contributed by atoms with Crippen LogP contribution in [0.25, 0.3) is 10.9 Å². The number of Topliss-reactive ketones (excluding diaryl/α,β-unsaturated/α-hetero) is 1. The average molecular weight is 498 g/mol. The molecule has 1 aliphatic rings. The van der Waals surface area contributed by atoms with Crippen LogP contribution < -0.4 is 0 Å². The number of aromatic nitrogens is 1. The first kappa shape index (κ1) is 26.8. The number of rotatable bonds is 5. The molecule has 1 unspecified atom stereocenters. The number of fused-ring (bicyclic) bond motifs is 1. The number of piperidine rings is 1. The van der Waals surface area contributed by atoms with Gasteiger partial charge >= 0.3 is 12.1 Å². The van der Waals surface area contributed by atoms with E-state index in [1.807, 2.05) is 49.4 Å². The van der Waals surface area contributed by atoms with Crippen molar-refractivity contribution in [3.05, 3.63) is 78.0 Å². The van der Waals surface area contributed by atoms with Crippen LogP contribution in [0.2, 0.25) is 0 Å². The SMILES string of the molecule is CC1(C(=O)C(C#N)c2ccc3ccccc3n2)CCN(Cc2ccccc2)CC1.O=C(O)C(F)(F)F. The predicted molar refractivity (Wildman–Crippen MR) is 128 cm³/mol. The molecule has 0 spiro atoms. The molecule has 1 atom stereocenters. The predicted octanol–water partition coefficient (Wildman–Crippen LogP) is 5.35. The van der Waals surface area contributed by atoms with Crippen LogP contribution in [0, 0.1) is 16.7 Å². The first-order valence-electron chi connectivity index (χ1n) is 11.4. The van der Waals surface area contributed by atoms with E-state index in [0.717, 1.165) is 43.4 Å². The van der Waals surface area contributed by atoms with Crippen molar-refractivity contribution in [2.45, 2.75) is 38.4 Å². The van der Waals surface area contributed by atoms with Crippen LogP contribution in [0.5, 0.6) is 0 Å². The molecule has 2 aromatic carbocycles. The number of benzene rings is 2. The molecule has 1 N–H and O–H groups in total. The van der Waals surface area contributed by atoms with Crippen LogP contribution in [0.4, 0.5) is 13.2 Å². The van der Waals surface area contributed by atoms with Crippen LogP contribution in [0.1, 0.15) is 36.9 Å². The second kappa shape index (κ2) is 11.3. The summed E-state index contributed by atoms with van der Waals surface area (Å²) in [6, 6.07) is 24.2. The number of carboxylic acid groups (broad SMARTS) is 1. The van der Waals surface area contributed by atoms with E-state index in [1.165, 1.54) is 5.56 Å². The fourth-order valence-electron chi connectivity index (χ4n) is 4.14. The normalized spacial score (nSPS) is 16.3. The number of halogens is 3. The monoisotopic (exact) mass is 497 g/mol. The molecule has 188 valence electrons. The van der Waals surface area contributed by atoms with Crippen LogP contribution >= 0.6 is 0 Å². The minimum atomic E-state index is -5.08. The van der Waals surface area contributed by atoms with Gasteiger partial charge in [0.2, 0.25) is 0 Å². The third-order valence-corrected chi connectivity index (χ3v) is 6.35. The molecule has 0 saturated carbocycles. The van der Waals surface area contributed by atoms with Crippen molar-refractivity contribution in [2.75, 3.05) is 13.1 Å². The van der Waals surface area contributed by atoms with Crippen LogP contribution in [0.15, 0.2) is 66.7 Å². The van der Waals surface area contributed by atoms with E-state index in [9.17, 15) is 23.2 Å². The number of likely N-dealkylation sites (tertiary alicyclic amines) is 1. The molecule has 9 heteroatoms. The molecule has 36 heavy (non-hydrogen) atoms. The Labute approximate surface area is 207 Å². The van der Waals surface area contributed by atoms with Gasteiger partial charge in [0.15, 0.2) is 5.78 Å². The maximum atomic E-state index is 13.4. The Balaban J connectivity index is 0.000000454. The summed E-state index contributed by atoms with van der Waals surface area (Å²) in [6.45, 7) is 4.64. The number of aliphatic carboxylic acids is 1. The lowest BCUT2D eigenvalue weighted by atomic mass is 9.72. The topological polar surface area (TPSA) is 94.3 Å². The lowest BCUT2D eigenvalue weighted by Crippen LogP contribution is -2.44. The Morgan fingerprint density at radius 2 is 1.64 bits per heavy atom. The zero-order chi connectivity index (χ0) is 26.3. The van der Waals surface area contributed by atoms with Gasteiger partial charge in [-0.3, -0.25) is 14.7 Å². The van der Waals surface area contributed by atoms with Crippen molar-refractivity contribution in [1.82, 2.24) is 9.88 Å². The highest BCUT2D eigenvalue weighted by Crippen LogP contribution is 2.37. The summed E-state index contributed by atoms with van der Waals surface area (Å²) in [5, 5.41) is 17.9. The van der Waals surface area contributed by atoms with Gasteiger partial charge in [0.05, 0.1) is 17.3 Å². The van der Waals surface area contributed by atoms with Gasteiger partial charge in [0.1, 0.15) is 5.92 Å². The number of nitriles is 1. The molecule has 1 aromatic heterocycles. The number of hydrogen-bond acceptors (Lipinski definition) is 5. The molecule has 1 fully saturated rings. The minimum absolute atomic E-state index is 0.00198. The first-order chi connectivity index (χ1) is 17.0. The van der Waals surface area contributed by atoms with Gasteiger partial charge in [-0.05, 0) is 43.6 Å². The van der Waals surface area contributed by atoms with E-state index in [2.05, 4.69) is 40.2 Å². The second-order valence-electron chi connectivity index (χ2n) is 8.98. The van der Waals surface area contributed by atoms with Crippen molar-refractivity contribution in [2.24, 2.45) is 5.41 Å². The second-order valence-corrected chi connectivity index (χ2v) is 8.98. The third-order valence-electron chi connectivity index (χ3n) is 6.35. The van der Waals surface area contributed by atoms with E-state index < -0.39 is 23.5 Å². The Morgan fingerprint density at radius 1 is 1.06 bits per heavy atom. The zero-order valence-electron chi connectivity index (χ0n) is 19.7. The number of carbonyl (C=O) groups is 2. The van der Waals surface area contributed by atoms with Gasteiger partial charge in [-0.15, -0.1) is 0 Å². The fourth-order valence-corrected chi connectivity index (χ4v) is 4.14. The summed E-state index contributed by atoms with van der Waals surface area (Å²) in [4.78, 5) is 29.3. The molecule has 6 nitrogen and oxygen atoms in total. The average Bonchev–Trinajstić information content (AvgIpc) is 2.86. The maximum absolute atomic E-state index is 13.4. The molecule has 2 heterocycles. The molecule has 1 saturated heterocycles. The van der Waals surface area contributed by atoms with Crippen molar-refractivity contribution in [3.8, 4) is 6.07 Å². The number of nitrogens with zero attached hydrogens (tertiary/aromatic N) is 3. The van der Waals surface area contributed by atoms with Gasteiger partial charge in [0, 0.05) is 17.3 Å². The molecule has 0 aliphatic carbocycles. The first-order valence-corrected chi connectivity index (χ1v) is 11.4. The number of ketones is 1. The number of carboxylic acids is 1. The highest BCUT2D eigenvalue weighted by molar-refractivity contribution is 5.93. The molecule has 0 bridgehead atoms. The number of para-hydroxylation sites is 1. The molecule has 4 rings (SSSR count). The molecular formula is C27H26F3N3O3. The lowest BCUT2D eigenvalue weighted by molar-refractivity contribution is -0.192. The van der Waals surface area contributed by atoms with Crippen molar-refractivity contribution >= 4 is 22.7 Å². The number of carbonyl (C=O) groups excluding carboxylic acids is 1. The summed E-state index contributed by atoms with van der Waals surface area (Å²) >= 11 is 0. The van der Waals surface area contributed by atoms with Crippen molar-refractivity contribution in [1.29, 1.82) is 5.26 Å². The van der Waals surface area contributed by atoms with E-state index >= 15 is 0 Å². The minimum Gasteiger partial charge on any atom is -0.475 e. The summed E-state index contributed by atoms with van der Waals surface area (Å²) in [7, 11) is 0. The molecule has 0 radical (unpaired) electrons.